The lowest BCUT2D eigenvalue weighted by molar-refractivity contribution is 0.102. The summed E-state index contributed by atoms with van der Waals surface area (Å²) >= 11 is 0. The Bertz CT molecular complexity index is 641. The van der Waals surface area contributed by atoms with E-state index >= 15 is 0 Å². The SMILES string of the molecule is Cc1cc(NC(=O)c2ccc(F)cc2O)ccc1O. The molecular formula is C14H12FNO3. The third-order valence-corrected chi connectivity index (χ3v) is 2.66. The third kappa shape index (κ3) is 2.82. The van der Waals surface area contributed by atoms with Gasteiger partial charge in [0.25, 0.3) is 5.91 Å². The number of phenols is 2. The molecule has 0 radical (unpaired) electrons. The summed E-state index contributed by atoms with van der Waals surface area (Å²) in [5, 5.41) is 21.4. The maximum absolute atomic E-state index is 12.8. The number of anilines is 1. The summed E-state index contributed by atoms with van der Waals surface area (Å²) in [6, 6.07) is 7.74. The molecule has 0 bridgehead atoms. The maximum Gasteiger partial charge on any atom is 0.259 e. The van der Waals surface area contributed by atoms with Gasteiger partial charge in [0.1, 0.15) is 17.3 Å². The van der Waals surface area contributed by atoms with Crippen LogP contribution in [-0.2, 0) is 0 Å². The molecule has 98 valence electrons. The molecule has 0 fully saturated rings. The Morgan fingerprint density at radius 2 is 1.84 bits per heavy atom. The highest BCUT2D eigenvalue weighted by atomic mass is 19.1. The molecule has 0 aliphatic carbocycles. The van der Waals surface area contributed by atoms with E-state index in [2.05, 4.69) is 5.32 Å². The van der Waals surface area contributed by atoms with Crippen LogP contribution in [0.1, 0.15) is 15.9 Å². The van der Waals surface area contributed by atoms with Crippen molar-refractivity contribution in [3.05, 3.63) is 53.3 Å². The number of benzene rings is 2. The average Bonchev–Trinajstić information content (AvgIpc) is 2.33. The van der Waals surface area contributed by atoms with Gasteiger partial charge in [-0.05, 0) is 42.8 Å². The van der Waals surface area contributed by atoms with Gasteiger partial charge >= 0.3 is 0 Å². The Morgan fingerprint density at radius 1 is 1.11 bits per heavy atom. The van der Waals surface area contributed by atoms with Crippen LogP contribution in [0.15, 0.2) is 36.4 Å². The van der Waals surface area contributed by atoms with E-state index in [0.717, 1.165) is 12.1 Å². The summed E-state index contributed by atoms with van der Waals surface area (Å²) in [7, 11) is 0. The van der Waals surface area contributed by atoms with Crippen molar-refractivity contribution in [2.75, 3.05) is 5.32 Å². The quantitative estimate of drug-likeness (QED) is 0.728. The van der Waals surface area contributed by atoms with Crippen LogP contribution >= 0.6 is 0 Å². The summed E-state index contributed by atoms with van der Waals surface area (Å²) in [6.07, 6.45) is 0. The smallest absolute Gasteiger partial charge is 0.259 e. The van der Waals surface area contributed by atoms with Gasteiger partial charge in [-0.1, -0.05) is 0 Å². The van der Waals surface area contributed by atoms with Gasteiger partial charge in [-0.2, -0.15) is 0 Å². The van der Waals surface area contributed by atoms with Gasteiger partial charge < -0.3 is 15.5 Å². The number of hydrogen-bond acceptors (Lipinski definition) is 3. The van der Waals surface area contributed by atoms with Crippen LogP contribution in [0.3, 0.4) is 0 Å². The predicted octanol–water partition coefficient (Wildman–Crippen LogP) is 2.80. The van der Waals surface area contributed by atoms with Gasteiger partial charge in [0.15, 0.2) is 0 Å². The lowest BCUT2D eigenvalue weighted by atomic mass is 10.1. The van der Waals surface area contributed by atoms with Gasteiger partial charge in [-0.25, -0.2) is 4.39 Å². The van der Waals surface area contributed by atoms with Crippen LogP contribution in [-0.4, -0.2) is 16.1 Å². The molecule has 0 aromatic heterocycles. The van der Waals surface area contributed by atoms with Crippen molar-refractivity contribution in [1.29, 1.82) is 0 Å². The number of amides is 1. The van der Waals surface area contributed by atoms with E-state index in [1.807, 2.05) is 0 Å². The predicted molar refractivity (Wildman–Crippen MR) is 68.9 cm³/mol. The van der Waals surface area contributed by atoms with Crippen molar-refractivity contribution in [2.24, 2.45) is 0 Å². The van der Waals surface area contributed by atoms with E-state index in [1.165, 1.54) is 18.2 Å². The number of aryl methyl sites for hydroxylation is 1. The maximum atomic E-state index is 12.8. The van der Waals surface area contributed by atoms with E-state index in [0.29, 0.717) is 11.3 Å². The molecule has 0 saturated heterocycles. The number of rotatable bonds is 2. The van der Waals surface area contributed by atoms with Crippen molar-refractivity contribution >= 4 is 11.6 Å². The first-order chi connectivity index (χ1) is 8.97. The van der Waals surface area contributed by atoms with Gasteiger partial charge in [-0.3, -0.25) is 4.79 Å². The molecule has 0 heterocycles. The third-order valence-electron chi connectivity index (χ3n) is 2.66. The first-order valence-electron chi connectivity index (χ1n) is 5.57. The number of phenolic OH excluding ortho intramolecular Hbond substituents is 2. The van der Waals surface area contributed by atoms with Gasteiger partial charge in [0, 0.05) is 11.8 Å². The van der Waals surface area contributed by atoms with Crippen LogP contribution < -0.4 is 5.32 Å². The van der Waals surface area contributed by atoms with E-state index in [-0.39, 0.29) is 11.3 Å². The Hall–Kier alpha value is -2.56. The molecule has 5 heteroatoms. The minimum atomic E-state index is -0.616. The minimum Gasteiger partial charge on any atom is -0.508 e. The summed E-state index contributed by atoms with van der Waals surface area (Å²) in [6.45, 7) is 1.69. The Morgan fingerprint density at radius 3 is 2.47 bits per heavy atom. The number of carbonyl (C=O) groups is 1. The number of hydrogen-bond donors (Lipinski definition) is 3. The monoisotopic (exact) mass is 261 g/mol. The topological polar surface area (TPSA) is 69.6 Å². The lowest BCUT2D eigenvalue weighted by Gasteiger charge is -2.08. The summed E-state index contributed by atoms with van der Waals surface area (Å²) in [5.41, 5.74) is 1.07. The normalized spacial score (nSPS) is 10.2. The van der Waals surface area contributed by atoms with E-state index in [9.17, 15) is 19.4 Å². The fourth-order valence-corrected chi connectivity index (χ4v) is 1.63. The van der Waals surface area contributed by atoms with Crippen LogP contribution in [0.4, 0.5) is 10.1 Å². The van der Waals surface area contributed by atoms with E-state index < -0.39 is 17.5 Å². The lowest BCUT2D eigenvalue weighted by Crippen LogP contribution is -2.12. The van der Waals surface area contributed by atoms with Crippen molar-refractivity contribution < 1.29 is 19.4 Å². The molecule has 0 aliphatic heterocycles. The van der Waals surface area contributed by atoms with Gasteiger partial charge in [-0.15, -0.1) is 0 Å². The number of aromatic hydroxyl groups is 2. The molecule has 2 aromatic carbocycles. The molecule has 19 heavy (non-hydrogen) atoms. The molecule has 0 spiro atoms. The fourth-order valence-electron chi connectivity index (χ4n) is 1.63. The fraction of sp³-hybridized carbons (Fsp3) is 0.0714. The first-order valence-corrected chi connectivity index (χ1v) is 5.57. The Labute approximate surface area is 109 Å². The molecule has 4 nitrogen and oxygen atoms in total. The second-order valence-electron chi connectivity index (χ2n) is 4.12. The van der Waals surface area contributed by atoms with Crippen molar-refractivity contribution in [3.63, 3.8) is 0 Å². The highest BCUT2D eigenvalue weighted by Gasteiger charge is 2.12. The molecule has 0 saturated carbocycles. The highest BCUT2D eigenvalue weighted by molar-refractivity contribution is 6.06. The van der Waals surface area contributed by atoms with Crippen LogP contribution in [0.25, 0.3) is 0 Å². The molecule has 2 rings (SSSR count). The standard InChI is InChI=1S/C14H12FNO3/c1-8-6-10(3-5-12(8)17)16-14(19)11-4-2-9(15)7-13(11)18/h2-7,17-18H,1H3,(H,16,19). The number of nitrogens with one attached hydrogen (secondary N) is 1. The van der Waals surface area contributed by atoms with Crippen molar-refractivity contribution in [1.82, 2.24) is 0 Å². The van der Waals surface area contributed by atoms with Gasteiger partial charge in [0.05, 0.1) is 5.56 Å². The first kappa shape index (κ1) is 12.9. The second-order valence-corrected chi connectivity index (χ2v) is 4.12. The molecule has 1 amide bonds. The largest absolute Gasteiger partial charge is 0.508 e. The number of carbonyl (C=O) groups excluding carboxylic acids is 1. The van der Waals surface area contributed by atoms with Crippen molar-refractivity contribution in [2.45, 2.75) is 6.92 Å². The van der Waals surface area contributed by atoms with E-state index in [1.54, 1.807) is 13.0 Å². The average molecular weight is 261 g/mol. The highest BCUT2D eigenvalue weighted by Crippen LogP contribution is 2.23. The van der Waals surface area contributed by atoms with Gasteiger partial charge in [0.2, 0.25) is 0 Å². The van der Waals surface area contributed by atoms with E-state index in [4.69, 9.17) is 0 Å². The molecule has 0 atom stereocenters. The summed E-state index contributed by atoms with van der Waals surface area (Å²) < 4.78 is 12.8. The molecule has 0 unspecified atom stereocenters. The second kappa shape index (κ2) is 4.97. The minimum absolute atomic E-state index is 0.0212. The molecule has 2 aromatic rings. The van der Waals surface area contributed by atoms with Crippen LogP contribution in [0.2, 0.25) is 0 Å². The molecular weight excluding hydrogens is 249 g/mol. The zero-order chi connectivity index (χ0) is 14.0. The Balaban J connectivity index is 2.23. The summed E-state index contributed by atoms with van der Waals surface area (Å²) in [5.74, 6) is -1.47. The van der Waals surface area contributed by atoms with Crippen LogP contribution in [0.5, 0.6) is 11.5 Å². The zero-order valence-electron chi connectivity index (χ0n) is 10.1. The molecule has 3 N–H and O–H groups in total. The van der Waals surface area contributed by atoms with Crippen molar-refractivity contribution in [3.8, 4) is 11.5 Å². The Kier molecular flexibility index (Phi) is 3.37. The molecule has 0 aliphatic rings. The van der Waals surface area contributed by atoms with Crippen LogP contribution in [0, 0.1) is 12.7 Å². The zero-order valence-corrected chi connectivity index (χ0v) is 10.1. The number of halogens is 1. The summed E-state index contributed by atoms with van der Waals surface area (Å²) in [4.78, 5) is 11.9.